The number of fused-ring (bicyclic) bond motifs is 2. The van der Waals surface area contributed by atoms with Crippen LogP contribution in [0, 0.1) is 0 Å². The van der Waals surface area contributed by atoms with Crippen LogP contribution < -0.4 is 0 Å². The molecular formula is C16H15N3OS. The topological polar surface area (TPSA) is 49.2 Å². The van der Waals surface area contributed by atoms with E-state index in [0.29, 0.717) is 6.54 Å². The van der Waals surface area contributed by atoms with Gasteiger partial charge >= 0.3 is 0 Å². The third-order valence-electron chi connectivity index (χ3n) is 3.96. The zero-order valence-electron chi connectivity index (χ0n) is 11.4. The van der Waals surface area contributed by atoms with Crippen LogP contribution in [0.4, 0.5) is 0 Å². The molecule has 4 rings (SSSR count). The van der Waals surface area contributed by atoms with Crippen LogP contribution in [-0.4, -0.2) is 25.3 Å². The first-order valence-corrected chi connectivity index (χ1v) is 7.72. The van der Waals surface area contributed by atoms with Crippen molar-refractivity contribution in [3.05, 3.63) is 59.2 Å². The van der Waals surface area contributed by atoms with Crippen molar-refractivity contribution >= 4 is 22.8 Å². The molecule has 2 aromatic carbocycles. The molecule has 0 bridgehead atoms. The number of benzene rings is 2. The Labute approximate surface area is 127 Å². The van der Waals surface area contributed by atoms with Crippen LogP contribution in [0.1, 0.15) is 22.8 Å². The number of hydrogen-bond donors (Lipinski definition) is 1. The lowest BCUT2D eigenvalue weighted by molar-refractivity contribution is 0.0882. The average Bonchev–Trinajstić information content (AvgIpc) is 2.95. The van der Waals surface area contributed by atoms with Crippen molar-refractivity contribution in [1.29, 1.82) is 0 Å². The Kier molecular flexibility index (Phi) is 3.18. The van der Waals surface area contributed by atoms with Crippen LogP contribution in [0.5, 0.6) is 0 Å². The van der Waals surface area contributed by atoms with E-state index in [1.165, 1.54) is 22.9 Å². The number of aliphatic hydroxyl groups is 1. The van der Waals surface area contributed by atoms with E-state index in [1.807, 2.05) is 24.3 Å². The lowest BCUT2D eigenvalue weighted by atomic mass is 9.97. The summed E-state index contributed by atoms with van der Waals surface area (Å²) >= 11 is 1.25. The predicted octanol–water partition coefficient (Wildman–Crippen LogP) is 2.74. The number of aliphatic hydroxyl groups excluding tert-OH is 1. The minimum atomic E-state index is -0.403. The molecule has 0 spiro atoms. The lowest BCUT2D eigenvalue weighted by Gasteiger charge is -2.32. The second-order valence-electron chi connectivity index (χ2n) is 5.47. The van der Waals surface area contributed by atoms with Gasteiger partial charge in [-0.3, -0.25) is 4.90 Å². The van der Waals surface area contributed by atoms with Gasteiger partial charge in [-0.15, -0.1) is 0 Å². The van der Waals surface area contributed by atoms with Crippen molar-refractivity contribution in [2.45, 2.75) is 19.2 Å². The predicted molar refractivity (Wildman–Crippen MR) is 82.9 cm³/mol. The molecule has 1 aliphatic heterocycles. The minimum absolute atomic E-state index is 0.403. The molecule has 0 fully saturated rings. The van der Waals surface area contributed by atoms with E-state index < -0.39 is 6.10 Å². The number of aromatic nitrogens is 2. The van der Waals surface area contributed by atoms with Gasteiger partial charge in [-0.05, 0) is 28.8 Å². The molecule has 0 saturated heterocycles. The molecule has 1 atom stereocenters. The first kappa shape index (κ1) is 12.9. The summed E-state index contributed by atoms with van der Waals surface area (Å²) in [7, 11) is 0. The molecule has 0 radical (unpaired) electrons. The summed E-state index contributed by atoms with van der Waals surface area (Å²) in [6, 6.07) is 14.3. The Morgan fingerprint density at radius 3 is 2.95 bits per heavy atom. The molecule has 1 N–H and O–H groups in total. The maximum absolute atomic E-state index is 10.3. The van der Waals surface area contributed by atoms with Gasteiger partial charge in [-0.2, -0.15) is 8.75 Å². The summed E-state index contributed by atoms with van der Waals surface area (Å²) in [6.45, 7) is 2.36. The molecular weight excluding hydrogens is 282 g/mol. The molecule has 0 saturated carbocycles. The summed E-state index contributed by atoms with van der Waals surface area (Å²) in [5.41, 5.74) is 5.39. The highest BCUT2D eigenvalue weighted by Crippen LogP contribution is 2.27. The number of nitrogens with zero attached hydrogens (tertiary/aromatic N) is 3. The third kappa shape index (κ3) is 2.44. The van der Waals surface area contributed by atoms with Crippen LogP contribution in [0.2, 0.25) is 0 Å². The second kappa shape index (κ2) is 5.18. The van der Waals surface area contributed by atoms with Gasteiger partial charge in [-0.1, -0.05) is 30.3 Å². The summed E-state index contributed by atoms with van der Waals surface area (Å²) < 4.78 is 8.51. The maximum atomic E-state index is 10.3. The molecule has 4 nitrogen and oxygen atoms in total. The van der Waals surface area contributed by atoms with E-state index in [1.54, 1.807) is 0 Å². The fraction of sp³-hybridized carbons (Fsp3) is 0.250. The normalized spacial score (nSPS) is 18.8. The van der Waals surface area contributed by atoms with E-state index >= 15 is 0 Å². The molecule has 0 unspecified atom stereocenters. The number of hydrogen-bond acceptors (Lipinski definition) is 5. The van der Waals surface area contributed by atoms with Gasteiger partial charge in [0.2, 0.25) is 0 Å². The standard InChI is InChI=1S/C16H15N3OS/c20-16-10-19(9-12-3-1-2-4-13(12)16)8-11-5-6-14-15(7-11)18-21-17-14/h1-7,16,20H,8-10H2/t16-/m0/s1. The average molecular weight is 297 g/mol. The van der Waals surface area contributed by atoms with Crippen molar-refractivity contribution in [3.8, 4) is 0 Å². The monoisotopic (exact) mass is 297 g/mol. The Hall–Kier alpha value is -1.82. The van der Waals surface area contributed by atoms with Crippen molar-refractivity contribution < 1.29 is 5.11 Å². The number of rotatable bonds is 2. The van der Waals surface area contributed by atoms with Gasteiger partial charge in [0, 0.05) is 19.6 Å². The molecule has 21 heavy (non-hydrogen) atoms. The minimum Gasteiger partial charge on any atom is -0.387 e. The number of β-amino-alcohol motifs (C(OH)–C–C–N with tert-alkyl or cyclic N) is 1. The SMILES string of the molecule is O[C@H]1CN(Cc2ccc3nsnc3c2)Cc2ccccc21. The van der Waals surface area contributed by atoms with Gasteiger partial charge in [0.1, 0.15) is 11.0 Å². The highest BCUT2D eigenvalue weighted by atomic mass is 32.1. The van der Waals surface area contributed by atoms with Crippen LogP contribution in [0.3, 0.4) is 0 Å². The smallest absolute Gasteiger partial charge is 0.105 e. The van der Waals surface area contributed by atoms with Crippen molar-refractivity contribution in [1.82, 2.24) is 13.6 Å². The van der Waals surface area contributed by atoms with E-state index in [2.05, 4.69) is 31.8 Å². The summed E-state index contributed by atoms with van der Waals surface area (Å²) in [4.78, 5) is 2.27. The zero-order valence-corrected chi connectivity index (χ0v) is 12.3. The zero-order chi connectivity index (χ0) is 14.2. The van der Waals surface area contributed by atoms with E-state index in [-0.39, 0.29) is 0 Å². The van der Waals surface area contributed by atoms with Gasteiger partial charge < -0.3 is 5.11 Å². The van der Waals surface area contributed by atoms with Crippen LogP contribution in [0.15, 0.2) is 42.5 Å². The quantitative estimate of drug-likeness (QED) is 0.790. The van der Waals surface area contributed by atoms with Crippen molar-refractivity contribution in [2.75, 3.05) is 6.54 Å². The Morgan fingerprint density at radius 2 is 2.00 bits per heavy atom. The molecule has 0 aliphatic carbocycles. The molecule has 5 heteroatoms. The van der Waals surface area contributed by atoms with Crippen molar-refractivity contribution in [3.63, 3.8) is 0 Å². The molecule has 106 valence electrons. The Morgan fingerprint density at radius 1 is 1.14 bits per heavy atom. The first-order valence-electron chi connectivity index (χ1n) is 6.99. The summed E-state index contributed by atoms with van der Waals surface area (Å²) in [6.07, 6.45) is -0.403. The fourth-order valence-corrected chi connectivity index (χ4v) is 3.47. The highest BCUT2D eigenvalue weighted by molar-refractivity contribution is 7.00. The van der Waals surface area contributed by atoms with Crippen LogP contribution in [-0.2, 0) is 13.1 Å². The van der Waals surface area contributed by atoms with Gasteiger partial charge in [-0.25, -0.2) is 0 Å². The van der Waals surface area contributed by atoms with Crippen molar-refractivity contribution in [2.24, 2.45) is 0 Å². The molecule has 2 heterocycles. The molecule has 1 aromatic heterocycles. The molecule has 1 aliphatic rings. The third-order valence-corrected chi connectivity index (χ3v) is 4.52. The Bertz CT molecular complexity index is 786. The summed E-state index contributed by atoms with van der Waals surface area (Å²) in [5.74, 6) is 0. The Balaban J connectivity index is 1.58. The maximum Gasteiger partial charge on any atom is 0.105 e. The highest BCUT2D eigenvalue weighted by Gasteiger charge is 2.23. The fourth-order valence-electron chi connectivity index (χ4n) is 2.96. The molecule has 3 aromatic rings. The lowest BCUT2D eigenvalue weighted by Crippen LogP contribution is -2.33. The largest absolute Gasteiger partial charge is 0.387 e. The summed E-state index contributed by atoms with van der Waals surface area (Å²) in [5, 5.41) is 10.3. The van der Waals surface area contributed by atoms with Gasteiger partial charge in [0.15, 0.2) is 0 Å². The molecule has 0 amide bonds. The van der Waals surface area contributed by atoms with E-state index in [4.69, 9.17) is 0 Å². The van der Waals surface area contributed by atoms with Crippen LogP contribution in [0.25, 0.3) is 11.0 Å². The van der Waals surface area contributed by atoms with E-state index in [0.717, 1.165) is 29.7 Å². The van der Waals surface area contributed by atoms with Gasteiger partial charge in [0.25, 0.3) is 0 Å². The van der Waals surface area contributed by atoms with E-state index in [9.17, 15) is 5.11 Å². The first-order chi connectivity index (χ1) is 10.3. The van der Waals surface area contributed by atoms with Crippen LogP contribution >= 0.6 is 11.7 Å². The second-order valence-corrected chi connectivity index (χ2v) is 6.00. The van der Waals surface area contributed by atoms with Gasteiger partial charge in [0.05, 0.1) is 17.8 Å².